The van der Waals surface area contributed by atoms with E-state index < -0.39 is 5.97 Å². The molecule has 0 amide bonds. The van der Waals surface area contributed by atoms with Crippen molar-refractivity contribution >= 4 is 5.97 Å². The Labute approximate surface area is 189 Å². The first-order chi connectivity index (χ1) is 15.6. The van der Waals surface area contributed by atoms with Crippen LogP contribution in [0.1, 0.15) is 67.1 Å². The van der Waals surface area contributed by atoms with Crippen molar-refractivity contribution in [1.82, 2.24) is 9.13 Å². The second-order valence-electron chi connectivity index (χ2n) is 8.94. The maximum atomic E-state index is 13.2. The Bertz CT molecular complexity index is 1120. The fraction of sp³-hybridized carbons (Fsp3) is 0.407. The van der Waals surface area contributed by atoms with Crippen molar-refractivity contribution in [2.24, 2.45) is 5.92 Å². The highest BCUT2D eigenvalue weighted by Crippen LogP contribution is 2.26. The minimum Gasteiger partial charge on any atom is -0.478 e. The maximum Gasteiger partial charge on any atom is 0.336 e. The van der Waals surface area contributed by atoms with Crippen LogP contribution in [-0.2, 0) is 19.5 Å². The van der Waals surface area contributed by atoms with Crippen LogP contribution in [0.25, 0.3) is 11.1 Å². The number of hydrogen-bond acceptors (Lipinski definition) is 2. The number of benzene rings is 2. The van der Waals surface area contributed by atoms with Crippen molar-refractivity contribution in [3.05, 3.63) is 82.0 Å². The minimum atomic E-state index is -0.931. The smallest absolute Gasteiger partial charge is 0.336 e. The predicted molar refractivity (Wildman–Crippen MR) is 127 cm³/mol. The van der Waals surface area contributed by atoms with Gasteiger partial charge in [-0.1, -0.05) is 75.1 Å². The van der Waals surface area contributed by atoms with E-state index in [1.807, 2.05) is 45.5 Å². The van der Waals surface area contributed by atoms with Crippen LogP contribution in [0.3, 0.4) is 0 Å². The molecular weight excluding hydrogens is 400 g/mol. The second-order valence-corrected chi connectivity index (χ2v) is 8.94. The minimum absolute atomic E-state index is 0.0827. The first-order valence-corrected chi connectivity index (χ1v) is 11.8. The number of nitrogens with zero attached hydrogens (tertiary/aromatic N) is 2. The number of rotatable bonds is 8. The predicted octanol–water partition coefficient (Wildman–Crippen LogP) is 5.60. The van der Waals surface area contributed by atoms with Gasteiger partial charge in [0.25, 0.3) is 0 Å². The van der Waals surface area contributed by atoms with Crippen LogP contribution in [0, 0.1) is 5.92 Å². The number of carboxylic acids is 1. The van der Waals surface area contributed by atoms with E-state index in [1.54, 1.807) is 12.1 Å². The lowest BCUT2D eigenvalue weighted by molar-refractivity contribution is 0.0697. The van der Waals surface area contributed by atoms with E-state index in [2.05, 4.69) is 13.1 Å². The van der Waals surface area contributed by atoms with Crippen molar-refractivity contribution < 1.29 is 9.90 Å². The quantitative estimate of drug-likeness (QED) is 0.504. The van der Waals surface area contributed by atoms with Gasteiger partial charge < -0.3 is 5.11 Å². The molecule has 168 valence electrons. The van der Waals surface area contributed by atoms with E-state index in [0.717, 1.165) is 36.2 Å². The Morgan fingerprint density at radius 3 is 2.44 bits per heavy atom. The highest BCUT2D eigenvalue weighted by atomic mass is 16.4. The molecule has 5 heteroatoms. The van der Waals surface area contributed by atoms with Crippen molar-refractivity contribution in [1.29, 1.82) is 0 Å². The number of hydrogen-bond donors (Lipinski definition) is 1. The molecule has 1 fully saturated rings. The maximum absolute atomic E-state index is 13.2. The molecule has 0 bridgehead atoms. The molecule has 1 aromatic heterocycles. The molecule has 0 spiro atoms. The Kier molecular flexibility index (Phi) is 6.93. The molecule has 32 heavy (non-hydrogen) atoms. The Hall–Kier alpha value is -3.08. The third kappa shape index (κ3) is 4.87. The zero-order valence-electron chi connectivity index (χ0n) is 18.8. The van der Waals surface area contributed by atoms with Gasteiger partial charge in [-0.05, 0) is 47.9 Å². The molecule has 1 aliphatic rings. The van der Waals surface area contributed by atoms with Crippen LogP contribution in [0.2, 0.25) is 0 Å². The van der Waals surface area contributed by atoms with Gasteiger partial charge in [-0.3, -0.25) is 9.13 Å². The van der Waals surface area contributed by atoms with Crippen molar-refractivity contribution in [2.75, 3.05) is 0 Å². The molecule has 1 heterocycles. The topological polar surface area (TPSA) is 64.2 Å². The van der Waals surface area contributed by atoms with Crippen LogP contribution in [0.5, 0.6) is 0 Å². The van der Waals surface area contributed by atoms with Gasteiger partial charge >= 0.3 is 11.7 Å². The van der Waals surface area contributed by atoms with Crippen LogP contribution in [0.4, 0.5) is 0 Å². The lowest BCUT2D eigenvalue weighted by Crippen LogP contribution is -2.28. The van der Waals surface area contributed by atoms with E-state index >= 15 is 0 Å². The van der Waals surface area contributed by atoms with Gasteiger partial charge in [-0.2, -0.15) is 0 Å². The van der Waals surface area contributed by atoms with Crippen LogP contribution >= 0.6 is 0 Å². The summed E-state index contributed by atoms with van der Waals surface area (Å²) in [6.45, 7) is 3.50. The average molecular weight is 433 g/mol. The van der Waals surface area contributed by atoms with E-state index in [1.165, 1.54) is 32.1 Å². The fourth-order valence-corrected chi connectivity index (χ4v) is 4.88. The third-order valence-electron chi connectivity index (χ3n) is 6.58. The molecule has 0 aliphatic heterocycles. The van der Waals surface area contributed by atoms with E-state index in [0.29, 0.717) is 23.6 Å². The van der Waals surface area contributed by atoms with E-state index in [-0.39, 0.29) is 5.69 Å². The first-order valence-electron chi connectivity index (χ1n) is 11.8. The van der Waals surface area contributed by atoms with Crippen molar-refractivity contribution in [3.63, 3.8) is 0 Å². The number of imidazole rings is 1. The highest BCUT2D eigenvalue weighted by molar-refractivity contribution is 5.95. The zero-order chi connectivity index (χ0) is 22.5. The summed E-state index contributed by atoms with van der Waals surface area (Å²) in [6, 6.07) is 14.9. The summed E-state index contributed by atoms with van der Waals surface area (Å²) < 4.78 is 3.84. The molecule has 2 aromatic carbocycles. The van der Waals surface area contributed by atoms with Gasteiger partial charge in [0.15, 0.2) is 0 Å². The molecule has 5 nitrogen and oxygen atoms in total. The molecule has 0 saturated heterocycles. The SMILES string of the molecule is CCCc1cn(CC2CCCCC2)c(=O)n1Cc1ccc(-c2ccccc2C(=O)O)cc1. The molecule has 1 aliphatic carbocycles. The molecular formula is C27H32N2O3. The monoisotopic (exact) mass is 432 g/mol. The van der Waals surface area contributed by atoms with E-state index in [9.17, 15) is 14.7 Å². The van der Waals surface area contributed by atoms with Gasteiger partial charge in [0, 0.05) is 18.4 Å². The summed E-state index contributed by atoms with van der Waals surface area (Å²) in [5.41, 5.74) is 4.07. The van der Waals surface area contributed by atoms with Crippen LogP contribution in [-0.4, -0.2) is 20.2 Å². The third-order valence-corrected chi connectivity index (χ3v) is 6.58. The lowest BCUT2D eigenvalue weighted by Gasteiger charge is -2.21. The van der Waals surface area contributed by atoms with Gasteiger partial charge in [0.2, 0.25) is 0 Å². The summed E-state index contributed by atoms with van der Waals surface area (Å²) in [5, 5.41) is 9.47. The molecule has 1 saturated carbocycles. The second kappa shape index (κ2) is 10.0. The van der Waals surface area contributed by atoms with Gasteiger partial charge in [-0.25, -0.2) is 9.59 Å². The fourth-order valence-electron chi connectivity index (χ4n) is 4.88. The number of carbonyl (C=O) groups is 1. The Morgan fingerprint density at radius 1 is 1.03 bits per heavy atom. The standard InChI is InChI=1S/C27H32N2O3/c1-2-8-23-19-28(17-20-9-4-3-5-10-20)27(32)29(23)18-21-13-15-22(16-14-21)24-11-6-7-12-25(24)26(30)31/h6-7,11-16,19-20H,2-5,8-10,17-18H2,1H3,(H,30,31). The average Bonchev–Trinajstić information content (AvgIpc) is 3.09. The number of aryl methyl sites for hydroxylation is 1. The largest absolute Gasteiger partial charge is 0.478 e. The number of aromatic nitrogens is 2. The molecule has 0 radical (unpaired) electrons. The van der Waals surface area contributed by atoms with Gasteiger partial charge in [0.05, 0.1) is 12.1 Å². The molecule has 0 atom stereocenters. The zero-order valence-corrected chi connectivity index (χ0v) is 18.8. The normalized spacial score (nSPS) is 14.5. The van der Waals surface area contributed by atoms with Crippen LogP contribution < -0.4 is 5.69 Å². The Balaban J connectivity index is 1.57. The van der Waals surface area contributed by atoms with Crippen LogP contribution in [0.15, 0.2) is 59.5 Å². The van der Waals surface area contributed by atoms with E-state index in [4.69, 9.17) is 0 Å². The summed E-state index contributed by atoms with van der Waals surface area (Å²) in [7, 11) is 0. The number of aromatic carboxylic acids is 1. The molecule has 1 N–H and O–H groups in total. The number of carboxylic acid groups (broad SMARTS) is 1. The Morgan fingerprint density at radius 2 is 1.75 bits per heavy atom. The molecule has 4 rings (SSSR count). The summed E-state index contributed by atoms with van der Waals surface area (Å²) in [4.78, 5) is 24.8. The van der Waals surface area contributed by atoms with Crippen molar-refractivity contribution in [2.45, 2.75) is 65.0 Å². The molecule has 0 unspecified atom stereocenters. The van der Waals surface area contributed by atoms with Crippen molar-refractivity contribution in [3.8, 4) is 11.1 Å². The molecule has 3 aromatic rings. The first kappa shape index (κ1) is 22.1. The summed E-state index contributed by atoms with van der Waals surface area (Å²) in [5.74, 6) is -0.319. The summed E-state index contributed by atoms with van der Waals surface area (Å²) in [6.07, 6.45) is 10.3. The lowest BCUT2D eigenvalue weighted by atomic mass is 9.89. The summed E-state index contributed by atoms with van der Waals surface area (Å²) >= 11 is 0. The van der Waals surface area contributed by atoms with Gasteiger partial charge in [0.1, 0.15) is 0 Å². The van der Waals surface area contributed by atoms with Gasteiger partial charge in [-0.15, -0.1) is 0 Å². The highest BCUT2D eigenvalue weighted by Gasteiger charge is 2.18.